The number of nitrogens with zero attached hydrogens (tertiary/aromatic N) is 1. The fourth-order valence-corrected chi connectivity index (χ4v) is 2.29. The quantitative estimate of drug-likeness (QED) is 0.440. The molecule has 122 valence electrons. The van der Waals surface area contributed by atoms with Gasteiger partial charge in [-0.25, -0.2) is 9.38 Å². The summed E-state index contributed by atoms with van der Waals surface area (Å²) in [7, 11) is 0. The Kier molecular flexibility index (Phi) is 7.36. The Morgan fingerprint density at radius 2 is 2.14 bits per heavy atom. The molecule has 5 nitrogen and oxygen atoms in total. The molecule has 0 aromatic heterocycles. The van der Waals surface area contributed by atoms with Gasteiger partial charge in [0.05, 0.1) is 6.54 Å². The first-order valence-corrected chi connectivity index (χ1v) is 7.46. The molecule has 6 heteroatoms. The van der Waals surface area contributed by atoms with E-state index in [1.54, 1.807) is 0 Å². The summed E-state index contributed by atoms with van der Waals surface area (Å²) in [5.41, 5.74) is 6.60. The number of amides is 1. The average molecular weight is 309 g/mol. The molecule has 0 saturated heterocycles. The molecule has 0 aliphatic rings. The number of anilines is 1. The van der Waals surface area contributed by atoms with Crippen LogP contribution >= 0.6 is 0 Å². The number of rotatable bonds is 8. The highest BCUT2D eigenvalue weighted by molar-refractivity contribution is 5.72. The standard InChI is InChI=1S/C16H24FN3O2/c1-4-12(5-2)11(3)22-16(18)19-9-13-8-14(20-10-21)6-7-15(13)17/h6-8,10-12H,4-5,9H2,1-3H3,(H2,18,19)(H,20,21)/t11-/m1/s1. The number of benzene rings is 1. The van der Waals surface area contributed by atoms with Crippen LogP contribution in [0.5, 0.6) is 0 Å². The molecule has 1 aromatic carbocycles. The van der Waals surface area contributed by atoms with Crippen LogP contribution in [0.4, 0.5) is 10.1 Å². The third-order valence-electron chi connectivity index (χ3n) is 3.70. The highest BCUT2D eigenvalue weighted by Crippen LogP contribution is 2.17. The molecule has 0 fully saturated rings. The van der Waals surface area contributed by atoms with E-state index in [9.17, 15) is 9.18 Å². The third-order valence-corrected chi connectivity index (χ3v) is 3.70. The van der Waals surface area contributed by atoms with Gasteiger partial charge in [-0.3, -0.25) is 4.79 Å². The normalized spacial score (nSPS) is 13.0. The minimum absolute atomic E-state index is 0.0355. The molecular weight excluding hydrogens is 285 g/mol. The minimum Gasteiger partial charge on any atom is -0.462 e. The largest absolute Gasteiger partial charge is 0.462 e. The maximum atomic E-state index is 13.7. The van der Waals surface area contributed by atoms with E-state index >= 15 is 0 Å². The Hall–Kier alpha value is -2.11. The van der Waals surface area contributed by atoms with E-state index < -0.39 is 5.82 Å². The second kappa shape index (κ2) is 9.02. The number of hydrogen-bond donors (Lipinski definition) is 2. The molecule has 0 aliphatic heterocycles. The van der Waals surface area contributed by atoms with Gasteiger partial charge in [-0.05, 0) is 43.9 Å². The van der Waals surface area contributed by atoms with Gasteiger partial charge in [0.25, 0.3) is 6.02 Å². The van der Waals surface area contributed by atoms with Gasteiger partial charge in [-0.15, -0.1) is 0 Å². The van der Waals surface area contributed by atoms with Crippen molar-refractivity contribution in [3.05, 3.63) is 29.6 Å². The summed E-state index contributed by atoms with van der Waals surface area (Å²) < 4.78 is 19.3. The first kappa shape index (κ1) is 17.9. The van der Waals surface area contributed by atoms with Gasteiger partial charge < -0.3 is 15.8 Å². The van der Waals surface area contributed by atoms with Gasteiger partial charge in [0, 0.05) is 11.3 Å². The zero-order valence-electron chi connectivity index (χ0n) is 13.3. The molecule has 0 saturated carbocycles. The maximum Gasteiger partial charge on any atom is 0.282 e. The van der Waals surface area contributed by atoms with Crippen LogP contribution in [0.1, 0.15) is 39.2 Å². The number of nitrogens with two attached hydrogens (primary N) is 1. The highest BCUT2D eigenvalue weighted by atomic mass is 19.1. The number of carbonyl (C=O) groups is 1. The van der Waals surface area contributed by atoms with Crippen molar-refractivity contribution in [1.82, 2.24) is 0 Å². The zero-order chi connectivity index (χ0) is 16.5. The molecule has 0 unspecified atom stereocenters. The number of nitrogens with one attached hydrogen (secondary N) is 1. The summed E-state index contributed by atoms with van der Waals surface area (Å²) in [4.78, 5) is 14.5. The van der Waals surface area contributed by atoms with Crippen molar-refractivity contribution in [3.63, 3.8) is 0 Å². The van der Waals surface area contributed by atoms with E-state index in [2.05, 4.69) is 24.2 Å². The van der Waals surface area contributed by atoms with Gasteiger partial charge in [-0.2, -0.15) is 0 Å². The minimum atomic E-state index is -0.402. The lowest BCUT2D eigenvalue weighted by atomic mass is 9.98. The number of carbonyl (C=O) groups excluding carboxylic acids is 1. The van der Waals surface area contributed by atoms with E-state index in [1.807, 2.05) is 6.92 Å². The van der Waals surface area contributed by atoms with Crippen LogP contribution in [-0.2, 0) is 16.1 Å². The summed E-state index contributed by atoms with van der Waals surface area (Å²) in [6, 6.07) is 4.32. The van der Waals surface area contributed by atoms with Gasteiger partial charge in [0.1, 0.15) is 11.9 Å². The Balaban J connectivity index is 2.70. The van der Waals surface area contributed by atoms with Crippen LogP contribution in [0.25, 0.3) is 0 Å². The van der Waals surface area contributed by atoms with Crippen LogP contribution in [0, 0.1) is 11.7 Å². The smallest absolute Gasteiger partial charge is 0.282 e. The first-order valence-electron chi connectivity index (χ1n) is 7.46. The molecule has 1 atom stereocenters. The second-order valence-corrected chi connectivity index (χ2v) is 5.12. The first-order chi connectivity index (χ1) is 10.5. The van der Waals surface area contributed by atoms with Gasteiger partial charge >= 0.3 is 0 Å². The van der Waals surface area contributed by atoms with Crippen molar-refractivity contribution in [2.24, 2.45) is 16.6 Å². The number of ether oxygens (including phenoxy) is 1. The van der Waals surface area contributed by atoms with E-state index in [1.165, 1.54) is 18.2 Å². The fraction of sp³-hybridized carbons (Fsp3) is 0.500. The van der Waals surface area contributed by atoms with Crippen LogP contribution < -0.4 is 11.1 Å². The van der Waals surface area contributed by atoms with Crippen LogP contribution in [-0.4, -0.2) is 18.5 Å². The van der Waals surface area contributed by atoms with Crippen molar-refractivity contribution in [2.75, 3.05) is 5.32 Å². The maximum absolute atomic E-state index is 13.7. The second-order valence-electron chi connectivity index (χ2n) is 5.12. The Morgan fingerprint density at radius 1 is 1.45 bits per heavy atom. The Labute approximate surface area is 130 Å². The number of hydrogen-bond acceptors (Lipinski definition) is 3. The number of amidine groups is 1. The lowest BCUT2D eigenvalue weighted by Gasteiger charge is -2.21. The van der Waals surface area contributed by atoms with Crippen LogP contribution in [0.15, 0.2) is 23.2 Å². The summed E-state index contributed by atoms with van der Waals surface area (Å²) in [5, 5.41) is 2.47. The molecule has 3 N–H and O–H groups in total. The van der Waals surface area contributed by atoms with E-state index in [4.69, 9.17) is 10.5 Å². The molecule has 0 spiro atoms. The van der Waals surface area contributed by atoms with E-state index in [0.29, 0.717) is 23.6 Å². The molecule has 0 heterocycles. The zero-order valence-corrected chi connectivity index (χ0v) is 13.3. The fourth-order valence-electron chi connectivity index (χ4n) is 2.29. The molecule has 0 radical (unpaired) electrons. The average Bonchev–Trinajstić information content (AvgIpc) is 2.49. The molecule has 1 amide bonds. The van der Waals surface area contributed by atoms with Crippen molar-refractivity contribution < 1.29 is 13.9 Å². The predicted octanol–water partition coefficient (Wildman–Crippen LogP) is 3.05. The van der Waals surface area contributed by atoms with Crippen LogP contribution in [0.2, 0.25) is 0 Å². The molecular formula is C16H24FN3O2. The van der Waals surface area contributed by atoms with Gasteiger partial charge in [-0.1, -0.05) is 13.8 Å². The summed E-state index contributed by atoms with van der Waals surface area (Å²) in [5.74, 6) is 0.00615. The van der Waals surface area contributed by atoms with Crippen molar-refractivity contribution >= 4 is 18.1 Å². The Bertz CT molecular complexity index is 516. The van der Waals surface area contributed by atoms with Gasteiger partial charge in [0.15, 0.2) is 0 Å². The van der Waals surface area contributed by atoms with Gasteiger partial charge in [0.2, 0.25) is 6.41 Å². The van der Waals surface area contributed by atoms with Crippen molar-refractivity contribution in [3.8, 4) is 0 Å². The lowest BCUT2D eigenvalue weighted by Crippen LogP contribution is -2.28. The molecule has 22 heavy (non-hydrogen) atoms. The molecule has 0 aliphatic carbocycles. The summed E-state index contributed by atoms with van der Waals surface area (Å²) >= 11 is 0. The Morgan fingerprint density at radius 3 is 2.73 bits per heavy atom. The lowest BCUT2D eigenvalue weighted by molar-refractivity contribution is -0.105. The van der Waals surface area contributed by atoms with E-state index in [-0.39, 0.29) is 18.7 Å². The summed E-state index contributed by atoms with van der Waals surface area (Å²) in [6.45, 7) is 6.21. The molecule has 1 rings (SSSR count). The van der Waals surface area contributed by atoms with E-state index in [0.717, 1.165) is 12.8 Å². The highest BCUT2D eigenvalue weighted by Gasteiger charge is 2.15. The summed E-state index contributed by atoms with van der Waals surface area (Å²) in [6.07, 6.45) is 2.50. The van der Waals surface area contributed by atoms with Crippen molar-refractivity contribution in [1.29, 1.82) is 0 Å². The SMILES string of the molecule is CCC(CC)[C@@H](C)OC(N)=NCc1cc(NC=O)ccc1F. The monoisotopic (exact) mass is 309 g/mol. The van der Waals surface area contributed by atoms with Crippen molar-refractivity contribution in [2.45, 2.75) is 46.3 Å². The predicted molar refractivity (Wildman–Crippen MR) is 86.0 cm³/mol. The topological polar surface area (TPSA) is 76.7 Å². The number of aliphatic imine (C=N–C) groups is 1. The molecule has 1 aromatic rings. The molecule has 0 bridgehead atoms. The number of halogens is 1. The van der Waals surface area contributed by atoms with Crippen LogP contribution in [0.3, 0.4) is 0 Å². The third kappa shape index (κ3) is 5.35.